The lowest BCUT2D eigenvalue weighted by Gasteiger charge is -2.15. The fourth-order valence-electron chi connectivity index (χ4n) is 1.25. The molecule has 60 valence electrons. The van der Waals surface area contributed by atoms with Gasteiger partial charge in [0.25, 0.3) is 0 Å². The van der Waals surface area contributed by atoms with Crippen LogP contribution in [0.2, 0.25) is 0 Å². The second kappa shape index (κ2) is 3.91. The minimum Gasteiger partial charge on any atom is -0.376 e. The molecule has 1 saturated heterocycles. The molecule has 0 amide bonds. The Balaban J connectivity index is 2.27. The molecule has 1 heterocycles. The van der Waals surface area contributed by atoms with Crippen LogP contribution in [0.5, 0.6) is 0 Å². The second-order valence-corrected chi connectivity index (χ2v) is 2.43. The zero-order valence-electron chi connectivity index (χ0n) is 6.38. The normalized spacial score (nSPS) is 33.0. The van der Waals surface area contributed by atoms with Crippen molar-refractivity contribution < 1.29 is 9.47 Å². The molecule has 2 N–H and O–H groups in total. The molecule has 2 atom stereocenters. The third kappa shape index (κ3) is 1.68. The molecule has 3 heteroatoms. The lowest BCUT2D eigenvalue weighted by atomic mass is 10.2. The molecule has 0 radical (unpaired) electrons. The highest BCUT2D eigenvalue weighted by Gasteiger charge is 2.26. The van der Waals surface area contributed by atoms with Gasteiger partial charge in [0.05, 0.1) is 12.2 Å². The van der Waals surface area contributed by atoms with Gasteiger partial charge in [-0.2, -0.15) is 0 Å². The van der Waals surface area contributed by atoms with Crippen LogP contribution in [0.4, 0.5) is 0 Å². The van der Waals surface area contributed by atoms with E-state index in [1.807, 2.05) is 6.92 Å². The highest BCUT2D eigenvalue weighted by atomic mass is 16.6. The molecule has 0 aromatic carbocycles. The van der Waals surface area contributed by atoms with Crippen molar-refractivity contribution in [3.05, 3.63) is 0 Å². The van der Waals surface area contributed by atoms with Crippen LogP contribution in [-0.4, -0.2) is 32.0 Å². The highest BCUT2D eigenvalue weighted by molar-refractivity contribution is 4.77. The molecule has 1 aliphatic rings. The van der Waals surface area contributed by atoms with Gasteiger partial charge in [-0.3, -0.25) is 0 Å². The first-order chi connectivity index (χ1) is 4.88. The fraction of sp³-hybridized carbons (Fsp3) is 1.00. The van der Waals surface area contributed by atoms with Gasteiger partial charge >= 0.3 is 0 Å². The summed E-state index contributed by atoms with van der Waals surface area (Å²) in [6.45, 7) is 4.12. The van der Waals surface area contributed by atoms with Crippen LogP contribution in [0.1, 0.15) is 13.3 Å². The predicted molar refractivity (Wildman–Crippen MR) is 38.8 cm³/mol. The van der Waals surface area contributed by atoms with Gasteiger partial charge < -0.3 is 15.2 Å². The number of nitrogens with two attached hydrogens (primary N) is 1. The van der Waals surface area contributed by atoms with Gasteiger partial charge in [0, 0.05) is 19.8 Å². The van der Waals surface area contributed by atoms with Crippen LogP contribution in [0.3, 0.4) is 0 Å². The van der Waals surface area contributed by atoms with Crippen molar-refractivity contribution >= 4 is 0 Å². The molecule has 3 nitrogen and oxygen atoms in total. The summed E-state index contributed by atoms with van der Waals surface area (Å²) in [7, 11) is 0. The first kappa shape index (κ1) is 7.98. The van der Waals surface area contributed by atoms with Gasteiger partial charge in [-0.05, 0) is 13.3 Å². The van der Waals surface area contributed by atoms with E-state index in [4.69, 9.17) is 15.2 Å². The maximum Gasteiger partial charge on any atom is 0.0959 e. The maximum absolute atomic E-state index is 5.45. The first-order valence-corrected chi connectivity index (χ1v) is 3.81. The summed E-state index contributed by atoms with van der Waals surface area (Å²) >= 11 is 0. The molecule has 1 fully saturated rings. The van der Waals surface area contributed by atoms with Crippen molar-refractivity contribution in [3.8, 4) is 0 Å². The Kier molecular flexibility index (Phi) is 3.12. The Labute approximate surface area is 61.5 Å². The van der Waals surface area contributed by atoms with E-state index in [2.05, 4.69) is 0 Å². The third-order valence-corrected chi connectivity index (χ3v) is 1.76. The summed E-state index contributed by atoms with van der Waals surface area (Å²) in [5.41, 5.74) is 5.45. The Morgan fingerprint density at radius 3 is 3.10 bits per heavy atom. The van der Waals surface area contributed by atoms with E-state index in [1.54, 1.807) is 0 Å². The van der Waals surface area contributed by atoms with E-state index in [-0.39, 0.29) is 12.2 Å². The van der Waals surface area contributed by atoms with E-state index >= 15 is 0 Å². The molecule has 0 saturated carbocycles. The minimum atomic E-state index is 0.139. The van der Waals surface area contributed by atoms with E-state index in [0.29, 0.717) is 6.54 Å². The number of hydrogen-bond acceptors (Lipinski definition) is 3. The molecule has 0 aliphatic carbocycles. The van der Waals surface area contributed by atoms with Crippen molar-refractivity contribution in [2.75, 3.05) is 19.8 Å². The van der Waals surface area contributed by atoms with E-state index in [0.717, 1.165) is 19.6 Å². The van der Waals surface area contributed by atoms with Crippen LogP contribution in [-0.2, 0) is 9.47 Å². The highest BCUT2D eigenvalue weighted by Crippen LogP contribution is 2.15. The molecule has 1 aliphatic heterocycles. The fourth-order valence-corrected chi connectivity index (χ4v) is 1.25. The molecule has 10 heavy (non-hydrogen) atoms. The smallest absolute Gasteiger partial charge is 0.0959 e. The largest absolute Gasteiger partial charge is 0.376 e. The van der Waals surface area contributed by atoms with Gasteiger partial charge in [-0.25, -0.2) is 0 Å². The SMILES string of the molecule is CCOC1CCOC1CN. The standard InChI is InChI=1S/C7H15NO2/c1-2-9-6-3-4-10-7(6)5-8/h6-7H,2-5,8H2,1H3. The van der Waals surface area contributed by atoms with E-state index in [1.165, 1.54) is 0 Å². The summed E-state index contributed by atoms with van der Waals surface area (Å²) in [6.07, 6.45) is 1.38. The van der Waals surface area contributed by atoms with Gasteiger partial charge in [0.1, 0.15) is 0 Å². The quantitative estimate of drug-likeness (QED) is 0.614. The summed E-state index contributed by atoms with van der Waals surface area (Å²) in [5, 5.41) is 0. The summed E-state index contributed by atoms with van der Waals surface area (Å²) in [5.74, 6) is 0. The molecule has 0 aromatic heterocycles. The van der Waals surface area contributed by atoms with Crippen molar-refractivity contribution in [2.45, 2.75) is 25.6 Å². The monoisotopic (exact) mass is 145 g/mol. The number of hydrogen-bond donors (Lipinski definition) is 1. The Morgan fingerprint density at radius 2 is 2.50 bits per heavy atom. The summed E-state index contributed by atoms with van der Waals surface area (Å²) < 4.78 is 10.7. The van der Waals surface area contributed by atoms with Crippen LogP contribution in [0.15, 0.2) is 0 Å². The lowest BCUT2D eigenvalue weighted by Crippen LogP contribution is -2.31. The first-order valence-electron chi connectivity index (χ1n) is 3.81. The molecular formula is C7H15NO2. The van der Waals surface area contributed by atoms with Crippen molar-refractivity contribution in [1.82, 2.24) is 0 Å². The minimum absolute atomic E-state index is 0.139. The van der Waals surface area contributed by atoms with Gasteiger partial charge in [0.15, 0.2) is 0 Å². The summed E-state index contributed by atoms with van der Waals surface area (Å²) in [6, 6.07) is 0. The maximum atomic E-state index is 5.45. The van der Waals surface area contributed by atoms with Crippen molar-refractivity contribution in [1.29, 1.82) is 0 Å². The molecule has 1 rings (SSSR count). The van der Waals surface area contributed by atoms with Crippen LogP contribution < -0.4 is 5.73 Å². The Hall–Kier alpha value is -0.120. The van der Waals surface area contributed by atoms with Crippen LogP contribution in [0, 0.1) is 0 Å². The van der Waals surface area contributed by atoms with Crippen LogP contribution in [0.25, 0.3) is 0 Å². The molecule has 0 aromatic rings. The molecule has 2 unspecified atom stereocenters. The molecular weight excluding hydrogens is 130 g/mol. The number of rotatable bonds is 3. The molecule has 0 bridgehead atoms. The van der Waals surface area contributed by atoms with Crippen LogP contribution >= 0.6 is 0 Å². The summed E-state index contributed by atoms with van der Waals surface area (Å²) in [4.78, 5) is 0. The van der Waals surface area contributed by atoms with Crippen molar-refractivity contribution in [2.24, 2.45) is 5.73 Å². The Bertz CT molecular complexity index is 97.6. The van der Waals surface area contributed by atoms with Gasteiger partial charge in [-0.15, -0.1) is 0 Å². The number of ether oxygens (including phenoxy) is 2. The third-order valence-electron chi connectivity index (χ3n) is 1.76. The van der Waals surface area contributed by atoms with Gasteiger partial charge in [0.2, 0.25) is 0 Å². The van der Waals surface area contributed by atoms with Crippen molar-refractivity contribution in [3.63, 3.8) is 0 Å². The van der Waals surface area contributed by atoms with E-state index in [9.17, 15) is 0 Å². The van der Waals surface area contributed by atoms with Gasteiger partial charge in [-0.1, -0.05) is 0 Å². The average Bonchev–Trinajstić information content (AvgIpc) is 2.36. The zero-order chi connectivity index (χ0) is 7.40. The predicted octanol–water partition coefficient (Wildman–Crippen LogP) is 0.139. The topological polar surface area (TPSA) is 44.5 Å². The average molecular weight is 145 g/mol. The lowest BCUT2D eigenvalue weighted by molar-refractivity contribution is 0.000898. The van der Waals surface area contributed by atoms with E-state index < -0.39 is 0 Å². The Morgan fingerprint density at radius 1 is 1.70 bits per heavy atom. The molecule has 0 spiro atoms. The zero-order valence-corrected chi connectivity index (χ0v) is 6.38. The second-order valence-electron chi connectivity index (χ2n) is 2.43.